The molecule has 0 aromatic rings. The van der Waals surface area contributed by atoms with Crippen LogP contribution in [0.3, 0.4) is 0 Å². The van der Waals surface area contributed by atoms with Crippen molar-refractivity contribution in [1.82, 2.24) is 0 Å². The minimum atomic E-state index is -0.981. The van der Waals surface area contributed by atoms with Crippen LogP contribution in [0.1, 0.15) is 59.3 Å². The number of carbonyl (C=O) groups excluding carboxylic acids is 3. The van der Waals surface area contributed by atoms with E-state index in [-0.39, 0.29) is 25.2 Å². The molecule has 1 atom stereocenters. The number of hydrogen-bond donors (Lipinski definition) is 2. The molecule has 0 amide bonds. The standard InChI is InChI=1S/C11H20O2.C7H12O2.C5H8O3.C3H4O2/c1-4-7-8-10(5-2)9-13-11(12)6-3;1-3-5-6-9-7(8)4-2;1-2-5(7)8-4-3-6;1-2-3(4)5/h6,10H,3-5,7-9H2,1-2H3;4H,2-3,5-6H2,1H3;2,6H,1,3-4H2;2H,1H2,(H,4,5). The summed E-state index contributed by atoms with van der Waals surface area (Å²) in [6.45, 7) is 20.0. The van der Waals surface area contributed by atoms with Crippen molar-refractivity contribution >= 4 is 23.9 Å². The second-order valence-electron chi connectivity index (χ2n) is 6.61. The lowest BCUT2D eigenvalue weighted by Crippen LogP contribution is -2.12. The first-order chi connectivity index (χ1) is 16.6. The molecule has 0 aromatic carbocycles. The quantitative estimate of drug-likeness (QED) is 0.145. The van der Waals surface area contributed by atoms with Gasteiger partial charge in [-0.3, -0.25) is 0 Å². The van der Waals surface area contributed by atoms with Crippen molar-refractivity contribution in [2.24, 2.45) is 5.92 Å². The van der Waals surface area contributed by atoms with Crippen LogP contribution < -0.4 is 0 Å². The zero-order chi connectivity index (χ0) is 27.9. The van der Waals surface area contributed by atoms with Gasteiger partial charge in [-0.2, -0.15) is 0 Å². The maximum Gasteiger partial charge on any atom is 0.330 e. The highest BCUT2D eigenvalue weighted by Crippen LogP contribution is 2.12. The van der Waals surface area contributed by atoms with Gasteiger partial charge in [0.1, 0.15) is 6.61 Å². The number of ether oxygens (including phenoxy) is 3. The first-order valence-electron chi connectivity index (χ1n) is 11.5. The first-order valence-corrected chi connectivity index (χ1v) is 11.5. The number of esters is 3. The molecule has 9 nitrogen and oxygen atoms in total. The second kappa shape index (κ2) is 33.0. The van der Waals surface area contributed by atoms with E-state index in [2.05, 4.69) is 49.6 Å². The highest BCUT2D eigenvalue weighted by molar-refractivity contribution is 5.81. The lowest BCUT2D eigenvalue weighted by molar-refractivity contribution is -0.139. The smallest absolute Gasteiger partial charge is 0.330 e. The number of rotatable bonds is 15. The van der Waals surface area contributed by atoms with Crippen molar-refractivity contribution in [3.05, 3.63) is 50.6 Å². The van der Waals surface area contributed by atoms with E-state index in [9.17, 15) is 19.2 Å². The SMILES string of the molecule is C=CC(=O)O.C=CC(=O)OCC(CC)CCCC.C=CC(=O)OCCCC.C=CC(=O)OCCO. The molecule has 0 fully saturated rings. The number of carboxylic acids is 1. The van der Waals surface area contributed by atoms with Crippen LogP contribution >= 0.6 is 0 Å². The summed E-state index contributed by atoms with van der Waals surface area (Å²) < 4.78 is 14.0. The predicted octanol–water partition coefficient (Wildman–Crippen LogP) is 4.41. The highest BCUT2D eigenvalue weighted by atomic mass is 16.5. The molecule has 0 saturated carbocycles. The molecule has 1 unspecified atom stereocenters. The van der Waals surface area contributed by atoms with Crippen molar-refractivity contribution in [1.29, 1.82) is 0 Å². The number of hydrogen-bond acceptors (Lipinski definition) is 8. The molecule has 0 bridgehead atoms. The topological polar surface area (TPSA) is 136 Å². The fourth-order valence-corrected chi connectivity index (χ4v) is 1.74. The number of carboxylic acid groups (broad SMARTS) is 1. The number of aliphatic hydroxyl groups excluding tert-OH is 1. The van der Waals surface area contributed by atoms with Gasteiger partial charge in [-0.25, -0.2) is 19.2 Å². The zero-order valence-electron chi connectivity index (χ0n) is 21.5. The Bertz CT molecular complexity index is 598. The van der Waals surface area contributed by atoms with Gasteiger partial charge in [0.2, 0.25) is 0 Å². The Morgan fingerprint density at radius 1 is 0.743 bits per heavy atom. The van der Waals surface area contributed by atoms with Gasteiger partial charge < -0.3 is 24.4 Å². The number of unbranched alkanes of at least 4 members (excludes halogenated alkanes) is 2. The second-order valence-corrected chi connectivity index (χ2v) is 6.61. The minimum Gasteiger partial charge on any atom is -0.478 e. The monoisotopic (exact) mass is 500 g/mol. The molecule has 0 spiro atoms. The summed E-state index contributed by atoms with van der Waals surface area (Å²) in [5.41, 5.74) is 0. The van der Waals surface area contributed by atoms with Crippen molar-refractivity contribution in [3.63, 3.8) is 0 Å². The van der Waals surface area contributed by atoms with Crippen LogP contribution in [0, 0.1) is 5.92 Å². The molecule has 0 aliphatic carbocycles. The third-order valence-electron chi connectivity index (χ3n) is 3.76. The molecule has 0 rings (SSSR count). The average molecular weight is 501 g/mol. The Balaban J connectivity index is -0.000000193. The Kier molecular flexibility index (Phi) is 36.8. The Morgan fingerprint density at radius 2 is 1.17 bits per heavy atom. The molecule has 0 radical (unpaired) electrons. The van der Waals surface area contributed by atoms with Crippen LogP contribution in [0.4, 0.5) is 0 Å². The fourth-order valence-electron chi connectivity index (χ4n) is 1.74. The first kappa shape index (κ1) is 39.0. The van der Waals surface area contributed by atoms with Gasteiger partial charge in [0.05, 0.1) is 19.8 Å². The van der Waals surface area contributed by atoms with Crippen LogP contribution in [0.2, 0.25) is 0 Å². The molecule has 0 saturated heterocycles. The van der Waals surface area contributed by atoms with E-state index in [4.69, 9.17) is 14.9 Å². The van der Waals surface area contributed by atoms with E-state index in [1.165, 1.54) is 25.0 Å². The molecule has 0 aromatic heterocycles. The Labute approximate surface area is 210 Å². The summed E-state index contributed by atoms with van der Waals surface area (Å²) >= 11 is 0. The molecule has 0 heterocycles. The number of carbonyl (C=O) groups is 4. The van der Waals surface area contributed by atoms with E-state index in [1.54, 1.807) is 0 Å². The molecule has 35 heavy (non-hydrogen) atoms. The summed E-state index contributed by atoms with van der Waals surface area (Å²) in [7, 11) is 0. The van der Waals surface area contributed by atoms with Crippen LogP contribution in [0.15, 0.2) is 50.6 Å². The minimum absolute atomic E-state index is 0.0465. The maximum atomic E-state index is 10.8. The number of aliphatic hydroxyl groups is 1. The molecular weight excluding hydrogens is 456 g/mol. The Morgan fingerprint density at radius 3 is 1.51 bits per heavy atom. The van der Waals surface area contributed by atoms with Crippen LogP contribution in [0.5, 0.6) is 0 Å². The molecular formula is C26H44O9. The van der Waals surface area contributed by atoms with Crippen molar-refractivity contribution in [3.8, 4) is 0 Å². The van der Waals surface area contributed by atoms with Crippen molar-refractivity contribution in [2.75, 3.05) is 26.4 Å². The van der Waals surface area contributed by atoms with E-state index in [1.807, 2.05) is 6.92 Å². The van der Waals surface area contributed by atoms with E-state index in [0.717, 1.165) is 37.8 Å². The van der Waals surface area contributed by atoms with Gasteiger partial charge in [-0.05, 0) is 18.8 Å². The summed E-state index contributed by atoms with van der Waals surface area (Å²) in [6.07, 6.45) is 10.9. The van der Waals surface area contributed by atoms with Gasteiger partial charge in [0.25, 0.3) is 0 Å². The van der Waals surface area contributed by atoms with Crippen LogP contribution in [0.25, 0.3) is 0 Å². The summed E-state index contributed by atoms with van der Waals surface area (Å²) in [5, 5.41) is 15.7. The lowest BCUT2D eigenvalue weighted by Gasteiger charge is -2.13. The summed E-state index contributed by atoms with van der Waals surface area (Å²) in [4.78, 5) is 40.5. The summed E-state index contributed by atoms with van der Waals surface area (Å²) in [6, 6.07) is 0. The lowest BCUT2D eigenvalue weighted by atomic mass is 10.0. The molecule has 202 valence electrons. The molecule has 2 N–H and O–H groups in total. The average Bonchev–Trinajstić information content (AvgIpc) is 2.88. The van der Waals surface area contributed by atoms with Crippen molar-refractivity contribution < 1.29 is 43.6 Å². The van der Waals surface area contributed by atoms with Gasteiger partial charge >= 0.3 is 23.9 Å². The van der Waals surface area contributed by atoms with Crippen LogP contribution in [-0.2, 0) is 33.4 Å². The van der Waals surface area contributed by atoms with E-state index >= 15 is 0 Å². The van der Waals surface area contributed by atoms with Crippen molar-refractivity contribution in [2.45, 2.75) is 59.3 Å². The van der Waals surface area contributed by atoms with Gasteiger partial charge in [0, 0.05) is 24.3 Å². The summed E-state index contributed by atoms with van der Waals surface area (Å²) in [5.74, 6) is -1.61. The number of aliphatic carboxylic acids is 1. The third-order valence-corrected chi connectivity index (χ3v) is 3.76. The molecule has 0 aliphatic rings. The molecule has 0 aliphatic heterocycles. The van der Waals surface area contributed by atoms with Gasteiger partial charge in [-0.15, -0.1) is 0 Å². The van der Waals surface area contributed by atoms with E-state index in [0.29, 0.717) is 19.1 Å². The van der Waals surface area contributed by atoms with Crippen LogP contribution in [-0.4, -0.2) is 60.5 Å². The molecule has 9 heteroatoms. The van der Waals surface area contributed by atoms with Gasteiger partial charge in [0.15, 0.2) is 0 Å². The third kappa shape index (κ3) is 41.5. The fraction of sp³-hybridized carbons (Fsp3) is 0.538. The highest BCUT2D eigenvalue weighted by Gasteiger charge is 2.07. The normalized spacial score (nSPS) is 9.49. The predicted molar refractivity (Wildman–Crippen MR) is 137 cm³/mol. The zero-order valence-corrected chi connectivity index (χ0v) is 21.5. The van der Waals surface area contributed by atoms with Gasteiger partial charge in [-0.1, -0.05) is 72.8 Å². The van der Waals surface area contributed by atoms with E-state index < -0.39 is 11.9 Å². The largest absolute Gasteiger partial charge is 0.478 e. The maximum absolute atomic E-state index is 10.8. The Hall–Kier alpha value is -3.20.